The first kappa shape index (κ1) is 23.1. The van der Waals surface area contributed by atoms with Crippen molar-refractivity contribution in [3.8, 4) is 23.3 Å². The second kappa shape index (κ2) is 10.7. The summed E-state index contributed by atoms with van der Waals surface area (Å²) in [6, 6.07) is 23.2. The van der Waals surface area contributed by atoms with Gasteiger partial charge in [-0.15, -0.1) is 10.2 Å². The number of aliphatic carboxylic acids is 1. The molecule has 168 valence electrons. The van der Waals surface area contributed by atoms with Gasteiger partial charge in [0.25, 0.3) is 5.22 Å². The zero-order chi connectivity index (χ0) is 23.9. The Bertz CT molecular complexity index is 1380. The Hall–Kier alpha value is -4.06. The Labute approximate surface area is 204 Å². The monoisotopic (exact) mass is 489 g/mol. The average molecular weight is 490 g/mol. The van der Waals surface area contributed by atoms with E-state index in [9.17, 15) is 15.2 Å². The highest BCUT2D eigenvalue weighted by molar-refractivity contribution is 8.03. The van der Waals surface area contributed by atoms with E-state index in [0.29, 0.717) is 27.5 Å². The summed E-state index contributed by atoms with van der Waals surface area (Å²) in [6.07, 6.45) is 1.51. The number of hydrogen-bond acceptors (Lipinski definition) is 7. The molecular formula is C25H16ClN3O4S. The number of nitrogens with zero attached hydrogens (tertiary/aromatic N) is 3. The van der Waals surface area contributed by atoms with Crippen molar-refractivity contribution < 1.29 is 19.1 Å². The highest BCUT2D eigenvalue weighted by atomic mass is 35.5. The van der Waals surface area contributed by atoms with Gasteiger partial charge in [-0.3, -0.25) is 0 Å². The predicted octanol–water partition coefficient (Wildman–Crippen LogP) is 6.06. The number of ether oxygens (including phenoxy) is 1. The Kier molecular flexibility index (Phi) is 7.28. The Morgan fingerprint density at radius 1 is 1.09 bits per heavy atom. The number of benzene rings is 3. The van der Waals surface area contributed by atoms with Crippen LogP contribution >= 0.6 is 23.4 Å². The molecule has 0 amide bonds. The third kappa shape index (κ3) is 5.84. The molecule has 3 aromatic carbocycles. The zero-order valence-corrected chi connectivity index (χ0v) is 19.1. The summed E-state index contributed by atoms with van der Waals surface area (Å²) in [6.45, 7) is 0.252. The third-order valence-corrected chi connectivity index (χ3v) is 5.72. The second-order valence-corrected chi connectivity index (χ2v) is 8.35. The van der Waals surface area contributed by atoms with Crippen molar-refractivity contribution in [1.82, 2.24) is 10.2 Å². The fourth-order valence-corrected chi connectivity index (χ4v) is 3.72. The number of carboxylic acid groups (broad SMARTS) is 1. The number of carbonyl (C=O) groups is 1. The average Bonchev–Trinajstić information content (AvgIpc) is 3.32. The van der Waals surface area contributed by atoms with Crippen molar-refractivity contribution in [2.45, 2.75) is 11.8 Å². The lowest BCUT2D eigenvalue weighted by molar-refractivity contribution is -0.131. The fourth-order valence-electron chi connectivity index (χ4n) is 2.92. The lowest BCUT2D eigenvalue weighted by Gasteiger charge is -2.08. The van der Waals surface area contributed by atoms with Crippen LogP contribution in [0.4, 0.5) is 0 Å². The molecule has 0 fully saturated rings. The number of rotatable bonds is 8. The quantitative estimate of drug-likeness (QED) is 0.235. The van der Waals surface area contributed by atoms with E-state index in [1.807, 2.05) is 12.1 Å². The SMILES string of the molecule is N#Cc1ccccc1COc1ccc(/C=C(\Sc2nnc(-c3ccc(Cl)cc3)o2)C(=O)O)cc1. The molecule has 0 aliphatic carbocycles. The van der Waals surface area contributed by atoms with Crippen LogP contribution in [0.2, 0.25) is 5.02 Å². The van der Waals surface area contributed by atoms with E-state index < -0.39 is 5.97 Å². The molecule has 1 N–H and O–H groups in total. The Morgan fingerprint density at radius 2 is 1.82 bits per heavy atom. The minimum atomic E-state index is -1.12. The van der Waals surface area contributed by atoms with Gasteiger partial charge in [0.05, 0.1) is 11.6 Å². The molecule has 0 atom stereocenters. The van der Waals surface area contributed by atoms with Crippen LogP contribution in [-0.4, -0.2) is 21.3 Å². The zero-order valence-electron chi connectivity index (χ0n) is 17.5. The second-order valence-electron chi connectivity index (χ2n) is 6.92. The highest BCUT2D eigenvalue weighted by Crippen LogP contribution is 2.30. The number of halogens is 1. The minimum Gasteiger partial charge on any atom is -0.489 e. The summed E-state index contributed by atoms with van der Waals surface area (Å²) in [7, 11) is 0. The van der Waals surface area contributed by atoms with Gasteiger partial charge in [-0.2, -0.15) is 5.26 Å². The van der Waals surface area contributed by atoms with E-state index in [2.05, 4.69) is 16.3 Å². The van der Waals surface area contributed by atoms with Gasteiger partial charge in [-0.05, 0) is 65.9 Å². The molecule has 0 saturated heterocycles. The first-order valence-electron chi connectivity index (χ1n) is 9.95. The summed E-state index contributed by atoms with van der Waals surface area (Å²) in [5, 5.41) is 27.4. The maximum Gasteiger partial charge on any atom is 0.342 e. The van der Waals surface area contributed by atoms with Crippen molar-refractivity contribution in [3.05, 3.63) is 99.4 Å². The molecule has 0 saturated carbocycles. The third-order valence-electron chi connectivity index (χ3n) is 4.62. The van der Waals surface area contributed by atoms with Gasteiger partial charge in [0, 0.05) is 16.1 Å². The topological polar surface area (TPSA) is 109 Å². The summed E-state index contributed by atoms with van der Waals surface area (Å²) in [5.41, 5.74) is 2.69. The Balaban J connectivity index is 1.44. The normalized spacial score (nSPS) is 11.1. The van der Waals surface area contributed by atoms with Crippen LogP contribution in [-0.2, 0) is 11.4 Å². The predicted molar refractivity (Wildman–Crippen MR) is 128 cm³/mol. The van der Waals surface area contributed by atoms with Crippen molar-refractivity contribution in [2.75, 3.05) is 0 Å². The highest BCUT2D eigenvalue weighted by Gasteiger charge is 2.16. The summed E-state index contributed by atoms with van der Waals surface area (Å²) in [4.78, 5) is 11.8. The molecule has 0 unspecified atom stereocenters. The number of hydrogen-bond donors (Lipinski definition) is 1. The van der Waals surface area contributed by atoms with E-state index in [0.717, 1.165) is 17.3 Å². The summed E-state index contributed by atoms with van der Waals surface area (Å²) < 4.78 is 11.3. The van der Waals surface area contributed by atoms with Gasteiger partial charge < -0.3 is 14.3 Å². The van der Waals surface area contributed by atoms with E-state index in [-0.39, 0.29) is 22.6 Å². The molecule has 0 aliphatic rings. The van der Waals surface area contributed by atoms with Gasteiger partial charge >= 0.3 is 5.97 Å². The van der Waals surface area contributed by atoms with Crippen molar-refractivity contribution >= 4 is 35.4 Å². The van der Waals surface area contributed by atoms with E-state index >= 15 is 0 Å². The van der Waals surface area contributed by atoms with Gasteiger partial charge in [0.1, 0.15) is 17.3 Å². The molecule has 4 rings (SSSR count). The number of carboxylic acids is 1. The standard InChI is InChI=1S/C25H16ClN3O4S/c26-20-9-7-17(8-10-20)23-28-29-25(33-23)34-22(24(30)31)13-16-5-11-21(12-6-16)32-15-19-4-2-1-3-18(19)14-27/h1-13H,15H2,(H,30,31)/b22-13-. The smallest absolute Gasteiger partial charge is 0.342 e. The van der Waals surface area contributed by atoms with Crippen LogP contribution in [0.5, 0.6) is 5.75 Å². The molecule has 7 nitrogen and oxygen atoms in total. The minimum absolute atomic E-state index is 0.0166. The van der Waals surface area contributed by atoms with Gasteiger partial charge in [-0.25, -0.2) is 4.79 Å². The largest absolute Gasteiger partial charge is 0.489 e. The van der Waals surface area contributed by atoms with E-state index in [1.54, 1.807) is 60.7 Å². The van der Waals surface area contributed by atoms with Crippen LogP contribution < -0.4 is 4.74 Å². The molecule has 1 heterocycles. The molecule has 0 bridgehead atoms. The molecule has 1 aromatic heterocycles. The van der Waals surface area contributed by atoms with E-state index in [1.165, 1.54) is 6.08 Å². The molecule has 0 radical (unpaired) electrons. The van der Waals surface area contributed by atoms with Crippen LogP contribution in [0.1, 0.15) is 16.7 Å². The first-order chi connectivity index (χ1) is 16.5. The number of thioether (sulfide) groups is 1. The van der Waals surface area contributed by atoms with Crippen molar-refractivity contribution in [3.63, 3.8) is 0 Å². The van der Waals surface area contributed by atoms with Crippen LogP contribution in [0.15, 0.2) is 87.3 Å². The van der Waals surface area contributed by atoms with Crippen LogP contribution in [0, 0.1) is 11.3 Å². The summed E-state index contributed by atoms with van der Waals surface area (Å²) >= 11 is 6.75. The van der Waals surface area contributed by atoms with Crippen LogP contribution in [0.25, 0.3) is 17.5 Å². The van der Waals surface area contributed by atoms with Gasteiger partial charge in [-0.1, -0.05) is 41.9 Å². The maximum atomic E-state index is 11.8. The number of nitriles is 1. The molecule has 34 heavy (non-hydrogen) atoms. The molecule has 9 heteroatoms. The van der Waals surface area contributed by atoms with Gasteiger partial charge in [0.2, 0.25) is 5.89 Å². The maximum absolute atomic E-state index is 11.8. The molecular weight excluding hydrogens is 474 g/mol. The summed E-state index contributed by atoms with van der Waals surface area (Å²) in [5.74, 6) is -0.257. The van der Waals surface area contributed by atoms with Crippen molar-refractivity contribution in [2.24, 2.45) is 0 Å². The lowest BCUT2D eigenvalue weighted by Crippen LogP contribution is -1.98. The van der Waals surface area contributed by atoms with Crippen molar-refractivity contribution in [1.29, 1.82) is 5.26 Å². The fraction of sp³-hybridized carbons (Fsp3) is 0.0400. The molecule has 0 aliphatic heterocycles. The Morgan fingerprint density at radius 3 is 2.53 bits per heavy atom. The number of aromatic nitrogens is 2. The van der Waals surface area contributed by atoms with Crippen LogP contribution in [0.3, 0.4) is 0 Å². The first-order valence-corrected chi connectivity index (χ1v) is 11.1. The molecule has 4 aromatic rings. The van der Waals surface area contributed by atoms with Gasteiger partial charge in [0.15, 0.2) is 0 Å². The lowest BCUT2D eigenvalue weighted by atomic mass is 10.1. The molecule has 0 spiro atoms. The van der Waals surface area contributed by atoms with E-state index in [4.69, 9.17) is 20.8 Å².